The monoisotopic (exact) mass is 466 g/mol. The average molecular weight is 467 g/mol. The minimum Gasteiger partial charge on any atom is -0.354 e. The Morgan fingerprint density at radius 3 is 2.59 bits per heavy atom. The van der Waals surface area contributed by atoms with Gasteiger partial charge in [-0.2, -0.15) is 5.26 Å². The summed E-state index contributed by atoms with van der Waals surface area (Å²) in [4.78, 5) is 31.0. The van der Waals surface area contributed by atoms with Crippen LogP contribution in [-0.2, 0) is 4.79 Å². The molecule has 1 amide bonds. The highest BCUT2D eigenvalue weighted by Crippen LogP contribution is 2.31. The van der Waals surface area contributed by atoms with Crippen LogP contribution in [0.4, 0.5) is 22.5 Å². The SMILES string of the molecule is CC(=O)Nc1ccc(Sc2nc(Nc3ncc(C#N)s3)cc(N3CCN(C)CC3)n2)cc1. The Bertz CT molecular complexity index is 1130. The molecule has 11 heteroatoms. The van der Waals surface area contributed by atoms with Gasteiger partial charge in [-0.1, -0.05) is 11.3 Å². The molecule has 0 bridgehead atoms. The van der Waals surface area contributed by atoms with E-state index in [4.69, 9.17) is 10.2 Å². The molecule has 3 heterocycles. The zero-order valence-corrected chi connectivity index (χ0v) is 19.3. The van der Waals surface area contributed by atoms with Crippen LogP contribution in [0.3, 0.4) is 0 Å². The molecule has 1 aliphatic rings. The fourth-order valence-corrected chi connectivity index (χ4v) is 4.51. The number of nitriles is 1. The number of nitrogens with one attached hydrogen (secondary N) is 2. The van der Waals surface area contributed by atoms with Crippen LogP contribution in [0, 0.1) is 11.3 Å². The quantitative estimate of drug-likeness (QED) is 0.528. The van der Waals surface area contributed by atoms with Crippen molar-refractivity contribution in [2.45, 2.75) is 17.0 Å². The second-order valence-corrected chi connectivity index (χ2v) is 9.33. The van der Waals surface area contributed by atoms with Crippen LogP contribution in [0.25, 0.3) is 0 Å². The molecule has 0 radical (unpaired) electrons. The molecule has 2 aromatic heterocycles. The van der Waals surface area contributed by atoms with E-state index in [0.717, 1.165) is 42.6 Å². The molecule has 1 saturated heterocycles. The van der Waals surface area contributed by atoms with Gasteiger partial charge in [-0.3, -0.25) is 4.79 Å². The molecular weight excluding hydrogens is 444 g/mol. The number of nitrogens with zero attached hydrogens (tertiary/aromatic N) is 6. The van der Waals surface area contributed by atoms with Crippen molar-refractivity contribution < 1.29 is 4.79 Å². The fraction of sp³-hybridized carbons (Fsp3) is 0.286. The molecule has 0 aliphatic carbocycles. The van der Waals surface area contributed by atoms with E-state index in [1.807, 2.05) is 30.3 Å². The molecule has 0 spiro atoms. The maximum atomic E-state index is 11.2. The Morgan fingerprint density at radius 2 is 1.94 bits per heavy atom. The smallest absolute Gasteiger partial charge is 0.221 e. The highest BCUT2D eigenvalue weighted by Gasteiger charge is 2.18. The molecule has 32 heavy (non-hydrogen) atoms. The van der Waals surface area contributed by atoms with Crippen molar-refractivity contribution in [1.29, 1.82) is 5.26 Å². The van der Waals surface area contributed by atoms with Gasteiger partial charge in [-0.05, 0) is 43.1 Å². The van der Waals surface area contributed by atoms with Gasteiger partial charge in [0.2, 0.25) is 5.91 Å². The number of thiazole rings is 1. The molecule has 0 saturated carbocycles. The van der Waals surface area contributed by atoms with Gasteiger partial charge in [0.05, 0.1) is 6.20 Å². The van der Waals surface area contributed by atoms with Crippen LogP contribution >= 0.6 is 23.1 Å². The number of aromatic nitrogens is 3. The average Bonchev–Trinajstić information content (AvgIpc) is 3.22. The number of hydrogen-bond donors (Lipinski definition) is 2. The van der Waals surface area contributed by atoms with Gasteiger partial charge in [0.25, 0.3) is 0 Å². The van der Waals surface area contributed by atoms with Gasteiger partial charge in [-0.25, -0.2) is 15.0 Å². The number of carbonyl (C=O) groups is 1. The van der Waals surface area contributed by atoms with Gasteiger partial charge >= 0.3 is 0 Å². The molecule has 2 N–H and O–H groups in total. The summed E-state index contributed by atoms with van der Waals surface area (Å²) in [6.45, 7) is 5.20. The van der Waals surface area contributed by atoms with E-state index in [1.54, 1.807) is 6.20 Å². The molecule has 0 atom stereocenters. The van der Waals surface area contributed by atoms with Crippen molar-refractivity contribution in [3.63, 3.8) is 0 Å². The van der Waals surface area contributed by atoms with Gasteiger partial charge in [0.1, 0.15) is 22.6 Å². The first kappa shape index (κ1) is 22.0. The van der Waals surface area contributed by atoms with E-state index in [2.05, 4.69) is 43.5 Å². The zero-order chi connectivity index (χ0) is 22.5. The lowest BCUT2D eigenvalue weighted by molar-refractivity contribution is -0.114. The van der Waals surface area contributed by atoms with Crippen molar-refractivity contribution in [1.82, 2.24) is 19.9 Å². The predicted molar refractivity (Wildman–Crippen MR) is 127 cm³/mol. The minimum atomic E-state index is -0.105. The van der Waals surface area contributed by atoms with Crippen LogP contribution in [0.5, 0.6) is 0 Å². The van der Waals surface area contributed by atoms with Crippen molar-refractivity contribution in [2.24, 2.45) is 0 Å². The third-order valence-electron chi connectivity index (χ3n) is 4.75. The predicted octanol–water partition coefficient (Wildman–Crippen LogP) is 3.41. The Morgan fingerprint density at radius 1 is 1.19 bits per heavy atom. The number of carbonyl (C=O) groups excluding carboxylic acids is 1. The van der Waals surface area contributed by atoms with Crippen LogP contribution in [0.1, 0.15) is 11.8 Å². The number of likely N-dealkylation sites (N-methyl/N-ethyl adjacent to an activating group) is 1. The van der Waals surface area contributed by atoms with E-state index < -0.39 is 0 Å². The van der Waals surface area contributed by atoms with Gasteiger partial charge in [-0.15, -0.1) is 0 Å². The normalized spacial score (nSPS) is 14.1. The van der Waals surface area contributed by atoms with Crippen LogP contribution in [0.15, 0.2) is 46.6 Å². The third kappa shape index (κ3) is 5.73. The highest BCUT2D eigenvalue weighted by atomic mass is 32.2. The number of anilines is 4. The van der Waals surface area contributed by atoms with E-state index in [-0.39, 0.29) is 5.91 Å². The number of amides is 1. The molecule has 9 nitrogen and oxygen atoms in total. The van der Waals surface area contributed by atoms with Crippen molar-refractivity contribution >= 4 is 51.5 Å². The highest BCUT2D eigenvalue weighted by molar-refractivity contribution is 7.99. The number of rotatable bonds is 6. The van der Waals surface area contributed by atoms with Gasteiger partial charge < -0.3 is 20.4 Å². The summed E-state index contributed by atoms with van der Waals surface area (Å²) in [5.74, 6) is 1.38. The Labute approximate surface area is 194 Å². The third-order valence-corrected chi connectivity index (χ3v) is 6.44. The Hall–Kier alpha value is -3.20. The molecule has 0 unspecified atom stereocenters. The number of hydrogen-bond acceptors (Lipinski definition) is 10. The minimum absolute atomic E-state index is 0.105. The number of piperazine rings is 1. The summed E-state index contributed by atoms with van der Waals surface area (Å²) in [6.07, 6.45) is 1.54. The largest absolute Gasteiger partial charge is 0.354 e. The van der Waals surface area contributed by atoms with E-state index in [1.165, 1.54) is 30.0 Å². The van der Waals surface area contributed by atoms with Crippen molar-refractivity contribution in [3.05, 3.63) is 41.4 Å². The van der Waals surface area contributed by atoms with Crippen LogP contribution in [0.2, 0.25) is 0 Å². The molecule has 1 fully saturated rings. The molecule has 3 aromatic rings. The van der Waals surface area contributed by atoms with E-state index >= 15 is 0 Å². The summed E-state index contributed by atoms with van der Waals surface area (Å²) in [7, 11) is 2.12. The Balaban J connectivity index is 1.58. The lowest BCUT2D eigenvalue weighted by atomic mass is 10.3. The lowest BCUT2D eigenvalue weighted by Crippen LogP contribution is -2.44. The van der Waals surface area contributed by atoms with Gasteiger partial charge in [0, 0.05) is 49.8 Å². The second-order valence-electron chi connectivity index (χ2n) is 7.26. The second kappa shape index (κ2) is 9.95. The van der Waals surface area contributed by atoms with Crippen molar-refractivity contribution in [2.75, 3.05) is 48.8 Å². The standard InChI is InChI=1S/C21H22N8OS2/c1-14(30)24-15-3-5-16(6-4-15)31-21-26-18(25-20-23-13-17(12-22)32-20)11-19(27-21)29-9-7-28(2)8-10-29/h3-6,11,13H,7-10H2,1-2H3,(H,24,30)(H,23,25,26,27). The topological polar surface area (TPSA) is 110 Å². The molecule has 1 aliphatic heterocycles. The molecular formula is C21H22N8OS2. The van der Waals surface area contributed by atoms with Crippen LogP contribution < -0.4 is 15.5 Å². The summed E-state index contributed by atoms with van der Waals surface area (Å²) in [6, 6.07) is 11.6. The first-order valence-electron chi connectivity index (χ1n) is 9.99. The summed E-state index contributed by atoms with van der Waals surface area (Å²) < 4.78 is 0. The molecule has 1 aromatic carbocycles. The zero-order valence-electron chi connectivity index (χ0n) is 17.7. The maximum Gasteiger partial charge on any atom is 0.221 e. The maximum absolute atomic E-state index is 11.2. The summed E-state index contributed by atoms with van der Waals surface area (Å²) >= 11 is 2.73. The van der Waals surface area contributed by atoms with E-state index in [9.17, 15) is 4.79 Å². The first-order chi connectivity index (χ1) is 15.5. The van der Waals surface area contributed by atoms with Crippen LogP contribution in [-0.4, -0.2) is 59.0 Å². The van der Waals surface area contributed by atoms with Gasteiger partial charge in [0.15, 0.2) is 10.3 Å². The Kier molecular flexibility index (Phi) is 6.84. The van der Waals surface area contributed by atoms with Crippen molar-refractivity contribution in [3.8, 4) is 6.07 Å². The first-order valence-corrected chi connectivity index (χ1v) is 11.6. The molecule has 4 rings (SSSR count). The summed E-state index contributed by atoms with van der Waals surface area (Å²) in [5.41, 5.74) is 0.744. The van der Waals surface area contributed by atoms with E-state index in [0.29, 0.717) is 21.0 Å². The lowest BCUT2D eigenvalue weighted by Gasteiger charge is -2.33. The molecule has 164 valence electrons. The fourth-order valence-electron chi connectivity index (χ4n) is 3.13. The number of benzene rings is 1. The summed E-state index contributed by atoms with van der Waals surface area (Å²) in [5, 5.41) is 16.3.